The first-order chi connectivity index (χ1) is 9.01. The molecule has 0 spiro atoms. The van der Waals surface area contributed by atoms with Crippen LogP contribution in [0.5, 0.6) is 0 Å². The first-order valence-corrected chi connectivity index (χ1v) is 7.05. The molecular weight excluding hydrogens is 242 g/mol. The highest BCUT2D eigenvalue weighted by molar-refractivity contribution is 5.66. The number of likely N-dealkylation sites (tertiary alicyclic amines) is 1. The van der Waals surface area contributed by atoms with Crippen LogP contribution in [0.15, 0.2) is 0 Å². The average Bonchev–Trinajstić information content (AvgIpc) is 2.34. The van der Waals surface area contributed by atoms with Gasteiger partial charge in [-0.15, -0.1) is 0 Å². The second-order valence-corrected chi connectivity index (χ2v) is 5.89. The van der Waals surface area contributed by atoms with Crippen LogP contribution in [-0.4, -0.2) is 48.2 Å². The van der Waals surface area contributed by atoms with E-state index in [-0.39, 0.29) is 6.42 Å². The average molecular weight is 267 g/mol. The van der Waals surface area contributed by atoms with E-state index in [0.29, 0.717) is 30.8 Å². The van der Waals surface area contributed by atoms with Gasteiger partial charge in [-0.05, 0) is 31.2 Å². The molecule has 5 nitrogen and oxygen atoms in total. The van der Waals surface area contributed by atoms with Crippen molar-refractivity contribution in [2.24, 2.45) is 11.8 Å². The molecule has 108 valence electrons. The Labute approximate surface area is 115 Å². The molecule has 0 aromatic heterocycles. The number of carboxylic acid groups (broad SMARTS) is 1. The summed E-state index contributed by atoms with van der Waals surface area (Å²) in [6.45, 7) is 7.49. The van der Waals surface area contributed by atoms with Crippen LogP contribution in [0.1, 0.15) is 33.1 Å². The van der Waals surface area contributed by atoms with E-state index in [0.717, 1.165) is 26.1 Å². The molecule has 1 aliphatic rings. The minimum atomic E-state index is -0.732. The summed E-state index contributed by atoms with van der Waals surface area (Å²) in [7, 11) is 0. The molecule has 0 bridgehead atoms. The van der Waals surface area contributed by atoms with E-state index in [1.54, 1.807) is 0 Å². The van der Waals surface area contributed by atoms with Crippen LogP contribution < -0.4 is 5.32 Å². The molecule has 5 heteroatoms. The number of piperidine rings is 1. The predicted molar refractivity (Wildman–Crippen MR) is 73.7 cm³/mol. The highest BCUT2D eigenvalue weighted by atomic mass is 16.4. The number of aliphatic carboxylic acids is 1. The van der Waals surface area contributed by atoms with E-state index in [2.05, 4.69) is 30.1 Å². The summed E-state index contributed by atoms with van der Waals surface area (Å²) < 4.78 is 0. The SMILES string of the molecule is CC(C)CNC1CC(CCC(=O)O)CN(CC#N)C1. The van der Waals surface area contributed by atoms with Gasteiger partial charge < -0.3 is 10.4 Å². The molecule has 0 radical (unpaired) electrons. The number of carbonyl (C=O) groups is 1. The summed E-state index contributed by atoms with van der Waals surface area (Å²) in [5, 5.41) is 21.1. The lowest BCUT2D eigenvalue weighted by Gasteiger charge is -2.37. The summed E-state index contributed by atoms with van der Waals surface area (Å²) in [5.41, 5.74) is 0. The highest BCUT2D eigenvalue weighted by Crippen LogP contribution is 2.21. The molecule has 1 heterocycles. The van der Waals surface area contributed by atoms with Gasteiger partial charge >= 0.3 is 5.97 Å². The summed E-state index contributed by atoms with van der Waals surface area (Å²) in [4.78, 5) is 12.8. The second kappa shape index (κ2) is 8.13. The lowest BCUT2D eigenvalue weighted by Crippen LogP contribution is -2.50. The number of hydrogen-bond acceptors (Lipinski definition) is 4. The quantitative estimate of drug-likeness (QED) is 0.680. The maximum Gasteiger partial charge on any atom is 0.303 e. The van der Waals surface area contributed by atoms with E-state index in [1.165, 1.54) is 0 Å². The van der Waals surface area contributed by atoms with Gasteiger partial charge in [-0.1, -0.05) is 13.8 Å². The molecule has 19 heavy (non-hydrogen) atoms. The third-order valence-electron chi connectivity index (χ3n) is 3.49. The zero-order chi connectivity index (χ0) is 14.3. The van der Waals surface area contributed by atoms with Gasteiger partial charge in [0.1, 0.15) is 0 Å². The minimum absolute atomic E-state index is 0.224. The van der Waals surface area contributed by atoms with Crippen LogP contribution in [0.3, 0.4) is 0 Å². The van der Waals surface area contributed by atoms with Crippen molar-refractivity contribution in [2.45, 2.75) is 39.2 Å². The van der Waals surface area contributed by atoms with Crippen LogP contribution in [0.25, 0.3) is 0 Å². The predicted octanol–water partition coefficient (Wildman–Crippen LogP) is 1.31. The number of hydrogen-bond donors (Lipinski definition) is 2. The highest BCUT2D eigenvalue weighted by Gasteiger charge is 2.27. The lowest BCUT2D eigenvalue weighted by atomic mass is 9.90. The first-order valence-electron chi connectivity index (χ1n) is 7.05. The molecule has 0 amide bonds. The van der Waals surface area contributed by atoms with Crippen molar-refractivity contribution >= 4 is 5.97 Å². The molecule has 0 saturated carbocycles. The summed E-state index contributed by atoms with van der Waals surface area (Å²) >= 11 is 0. The van der Waals surface area contributed by atoms with E-state index < -0.39 is 5.97 Å². The maximum atomic E-state index is 10.7. The molecule has 2 N–H and O–H groups in total. The van der Waals surface area contributed by atoms with Crippen molar-refractivity contribution in [2.75, 3.05) is 26.2 Å². The molecule has 1 rings (SSSR count). The van der Waals surface area contributed by atoms with Crippen molar-refractivity contribution in [1.82, 2.24) is 10.2 Å². The van der Waals surface area contributed by atoms with Crippen molar-refractivity contribution in [3.05, 3.63) is 0 Å². The fourth-order valence-electron chi connectivity index (χ4n) is 2.62. The van der Waals surface area contributed by atoms with Gasteiger partial charge in [0, 0.05) is 25.6 Å². The first kappa shape index (κ1) is 15.9. The van der Waals surface area contributed by atoms with Crippen LogP contribution in [-0.2, 0) is 4.79 Å². The zero-order valence-electron chi connectivity index (χ0n) is 11.9. The van der Waals surface area contributed by atoms with Gasteiger partial charge in [0.25, 0.3) is 0 Å². The Morgan fingerprint density at radius 1 is 1.53 bits per heavy atom. The third kappa shape index (κ3) is 6.55. The molecule has 0 aliphatic carbocycles. The van der Waals surface area contributed by atoms with Gasteiger partial charge in [-0.2, -0.15) is 5.26 Å². The summed E-state index contributed by atoms with van der Waals surface area (Å²) in [6, 6.07) is 2.57. The molecule has 0 aromatic carbocycles. The third-order valence-corrected chi connectivity index (χ3v) is 3.49. The molecule has 1 aliphatic heterocycles. The number of nitrogens with zero attached hydrogens (tertiary/aromatic N) is 2. The fraction of sp³-hybridized carbons (Fsp3) is 0.857. The minimum Gasteiger partial charge on any atom is -0.481 e. The molecule has 2 atom stereocenters. The Balaban J connectivity index is 2.47. The Kier molecular flexibility index (Phi) is 6.82. The zero-order valence-corrected chi connectivity index (χ0v) is 11.9. The van der Waals surface area contributed by atoms with Crippen LogP contribution in [0.2, 0.25) is 0 Å². The maximum absolute atomic E-state index is 10.7. The monoisotopic (exact) mass is 267 g/mol. The van der Waals surface area contributed by atoms with Crippen molar-refractivity contribution in [3.63, 3.8) is 0 Å². The molecule has 2 unspecified atom stereocenters. The summed E-state index contributed by atoms with van der Waals surface area (Å²) in [6.07, 6.45) is 1.95. The van der Waals surface area contributed by atoms with Crippen molar-refractivity contribution in [3.8, 4) is 6.07 Å². The van der Waals surface area contributed by atoms with E-state index >= 15 is 0 Å². The Hall–Kier alpha value is -1.12. The molecular formula is C14H25N3O2. The van der Waals surface area contributed by atoms with Crippen LogP contribution in [0, 0.1) is 23.2 Å². The van der Waals surface area contributed by atoms with Crippen molar-refractivity contribution in [1.29, 1.82) is 5.26 Å². The topological polar surface area (TPSA) is 76.4 Å². The molecule has 0 aromatic rings. The Morgan fingerprint density at radius 2 is 2.26 bits per heavy atom. The van der Waals surface area contributed by atoms with Gasteiger partial charge in [0.2, 0.25) is 0 Å². The number of carboxylic acids is 1. The van der Waals surface area contributed by atoms with E-state index in [4.69, 9.17) is 10.4 Å². The van der Waals surface area contributed by atoms with Gasteiger partial charge in [0.05, 0.1) is 12.6 Å². The van der Waals surface area contributed by atoms with Gasteiger partial charge in [-0.25, -0.2) is 0 Å². The lowest BCUT2D eigenvalue weighted by molar-refractivity contribution is -0.137. The summed E-state index contributed by atoms with van der Waals surface area (Å²) in [5.74, 6) is 0.246. The van der Waals surface area contributed by atoms with Crippen LogP contribution in [0.4, 0.5) is 0 Å². The number of nitrogens with one attached hydrogen (secondary N) is 1. The van der Waals surface area contributed by atoms with Crippen molar-refractivity contribution < 1.29 is 9.90 Å². The fourth-order valence-corrected chi connectivity index (χ4v) is 2.62. The Morgan fingerprint density at radius 3 is 2.84 bits per heavy atom. The molecule has 1 fully saturated rings. The number of nitriles is 1. The van der Waals surface area contributed by atoms with E-state index in [9.17, 15) is 4.79 Å². The van der Waals surface area contributed by atoms with Crippen LogP contribution >= 0.6 is 0 Å². The van der Waals surface area contributed by atoms with Gasteiger partial charge in [0.15, 0.2) is 0 Å². The van der Waals surface area contributed by atoms with E-state index in [1.807, 2.05) is 0 Å². The largest absolute Gasteiger partial charge is 0.481 e. The van der Waals surface area contributed by atoms with Gasteiger partial charge in [-0.3, -0.25) is 9.69 Å². The molecule has 1 saturated heterocycles. The second-order valence-electron chi connectivity index (χ2n) is 5.89. The smallest absolute Gasteiger partial charge is 0.303 e. The normalized spacial score (nSPS) is 24.3. The number of rotatable bonds is 7. The standard InChI is InChI=1S/C14H25N3O2/c1-11(2)8-16-13-7-12(3-4-14(18)19)9-17(10-13)6-5-15/h11-13,16H,3-4,6-10H2,1-2H3,(H,18,19). The Bertz CT molecular complexity index is 325.